The van der Waals surface area contributed by atoms with Gasteiger partial charge in [0.15, 0.2) is 5.82 Å². The Balaban J connectivity index is 1.62. The first-order valence-corrected chi connectivity index (χ1v) is 11.5. The molecule has 0 unspecified atom stereocenters. The van der Waals surface area contributed by atoms with E-state index in [9.17, 15) is 4.79 Å². The van der Waals surface area contributed by atoms with Gasteiger partial charge in [0.05, 0.1) is 18.2 Å². The molecule has 35 heavy (non-hydrogen) atoms. The number of anilines is 2. The lowest BCUT2D eigenvalue weighted by Gasteiger charge is -2.21. The third kappa shape index (κ3) is 4.99. The van der Waals surface area contributed by atoms with Gasteiger partial charge >= 0.3 is 6.09 Å². The summed E-state index contributed by atoms with van der Waals surface area (Å²) in [7, 11) is 0. The number of hydrogen-bond donors (Lipinski definition) is 3. The monoisotopic (exact) mass is 463 g/mol. The molecule has 0 aliphatic carbocycles. The minimum absolute atomic E-state index is 0.178. The molecule has 0 atom stereocenters. The number of nitrogens with zero attached hydrogens (tertiary/aromatic N) is 2. The van der Waals surface area contributed by atoms with Crippen LogP contribution in [0.2, 0.25) is 0 Å². The second-order valence-corrected chi connectivity index (χ2v) is 7.95. The van der Waals surface area contributed by atoms with Gasteiger partial charge in [-0.2, -0.15) is 0 Å². The number of nitrogens with one attached hydrogen (secondary N) is 3. The van der Waals surface area contributed by atoms with E-state index in [1.807, 2.05) is 66.7 Å². The molecular formula is C28H25N5O2. The van der Waals surface area contributed by atoms with E-state index in [4.69, 9.17) is 14.7 Å². The molecule has 0 aliphatic heterocycles. The van der Waals surface area contributed by atoms with Crippen molar-refractivity contribution in [1.82, 2.24) is 15.0 Å². The van der Waals surface area contributed by atoms with Gasteiger partial charge < -0.3 is 15.0 Å². The Morgan fingerprint density at radius 1 is 0.886 bits per heavy atom. The SMILES string of the molecule is CCOC(=O)Nc1cc2[nH]c(-c3ccccc3)nc2c(NC(c2ccccc2)c2ccccc2)n1. The summed E-state index contributed by atoms with van der Waals surface area (Å²) in [4.78, 5) is 25.1. The van der Waals surface area contributed by atoms with Crippen LogP contribution in [0.25, 0.3) is 22.4 Å². The smallest absolute Gasteiger partial charge is 0.412 e. The molecule has 2 aromatic heterocycles. The maximum absolute atomic E-state index is 12.1. The zero-order valence-electron chi connectivity index (χ0n) is 19.2. The Bertz CT molecular complexity index is 1380. The van der Waals surface area contributed by atoms with Crippen LogP contribution < -0.4 is 10.6 Å². The summed E-state index contributed by atoms with van der Waals surface area (Å²) in [5, 5.41) is 6.30. The number of hydrogen-bond acceptors (Lipinski definition) is 5. The highest BCUT2D eigenvalue weighted by molar-refractivity contribution is 5.93. The van der Waals surface area contributed by atoms with Crippen LogP contribution in [0, 0.1) is 0 Å². The molecule has 1 amide bonds. The standard InChI is InChI=1S/C28H25N5O2/c1-2-35-28(34)31-23-18-22-25(33-26(29-22)21-16-10-5-11-17-21)27(30-23)32-24(19-12-6-3-7-13-19)20-14-8-4-9-15-20/h3-18,24H,2H2,1H3,(H,29,33)(H2,30,31,32,34). The normalized spacial score (nSPS) is 10.9. The van der Waals surface area contributed by atoms with Crippen molar-refractivity contribution in [2.75, 3.05) is 17.2 Å². The Morgan fingerprint density at radius 3 is 2.09 bits per heavy atom. The number of fused-ring (bicyclic) bond motifs is 1. The third-order valence-electron chi connectivity index (χ3n) is 5.57. The van der Waals surface area contributed by atoms with Crippen LogP contribution in [0.15, 0.2) is 97.1 Å². The van der Waals surface area contributed by atoms with Crippen molar-refractivity contribution in [1.29, 1.82) is 0 Å². The fourth-order valence-electron chi connectivity index (χ4n) is 3.97. The summed E-state index contributed by atoms with van der Waals surface area (Å²) >= 11 is 0. The first-order chi connectivity index (χ1) is 17.2. The van der Waals surface area contributed by atoms with E-state index < -0.39 is 6.09 Å². The van der Waals surface area contributed by atoms with Gasteiger partial charge in [0.1, 0.15) is 17.2 Å². The zero-order chi connectivity index (χ0) is 24.0. The number of aromatic nitrogens is 3. The molecule has 3 aromatic carbocycles. The van der Waals surface area contributed by atoms with Crippen molar-refractivity contribution in [3.8, 4) is 11.4 Å². The van der Waals surface area contributed by atoms with Crippen molar-refractivity contribution in [3.63, 3.8) is 0 Å². The van der Waals surface area contributed by atoms with Gasteiger partial charge in [-0.05, 0) is 18.1 Å². The van der Waals surface area contributed by atoms with Gasteiger partial charge in [-0.25, -0.2) is 14.8 Å². The van der Waals surface area contributed by atoms with Crippen LogP contribution in [0.1, 0.15) is 24.1 Å². The lowest BCUT2D eigenvalue weighted by atomic mass is 9.99. The van der Waals surface area contributed by atoms with E-state index in [1.165, 1.54) is 0 Å². The number of ether oxygens (including phenoxy) is 1. The molecule has 0 spiro atoms. The Morgan fingerprint density at radius 2 is 1.49 bits per heavy atom. The largest absolute Gasteiger partial charge is 0.450 e. The number of aromatic amines is 1. The quantitative estimate of drug-likeness (QED) is 0.260. The molecule has 5 rings (SSSR count). The zero-order valence-corrected chi connectivity index (χ0v) is 19.2. The molecule has 5 aromatic rings. The topological polar surface area (TPSA) is 91.9 Å². The van der Waals surface area contributed by atoms with Crippen molar-refractivity contribution in [2.24, 2.45) is 0 Å². The maximum atomic E-state index is 12.1. The summed E-state index contributed by atoms with van der Waals surface area (Å²) in [6, 6.07) is 31.8. The molecule has 7 nitrogen and oxygen atoms in total. The van der Waals surface area contributed by atoms with E-state index in [-0.39, 0.29) is 12.6 Å². The second kappa shape index (κ2) is 10.1. The summed E-state index contributed by atoms with van der Waals surface area (Å²) in [5.74, 6) is 1.63. The fraction of sp³-hybridized carbons (Fsp3) is 0.107. The average molecular weight is 464 g/mol. The van der Waals surface area contributed by atoms with E-state index in [0.29, 0.717) is 17.2 Å². The minimum atomic E-state index is -0.559. The Kier molecular flexibility index (Phi) is 6.39. The van der Waals surface area contributed by atoms with E-state index in [2.05, 4.69) is 39.9 Å². The fourth-order valence-corrected chi connectivity index (χ4v) is 3.97. The molecule has 0 radical (unpaired) electrons. The molecule has 0 saturated carbocycles. The number of H-pyrrole nitrogens is 1. The van der Waals surface area contributed by atoms with Crippen LogP contribution in [0.5, 0.6) is 0 Å². The number of imidazole rings is 1. The molecule has 3 N–H and O–H groups in total. The van der Waals surface area contributed by atoms with E-state index in [0.717, 1.165) is 28.0 Å². The van der Waals surface area contributed by atoms with Crippen LogP contribution in [0.3, 0.4) is 0 Å². The predicted molar refractivity (Wildman–Crippen MR) is 138 cm³/mol. The van der Waals surface area contributed by atoms with Gasteiger partial charge in [-0.15, -0.1) is 0 Å². The van der Waals surface area contributed by atoms with Gasteiger partial charge in [0, 0.05) is 11.6 Å². The van der Waals surface area contributed by atoms with Crippen LogP contribution in [-0.2, 0) is 4.74 Å². The molecule has 0 bridgehead atoms. The maximum Gasteiger partial charge on any atom is 0.412 e. The molecule has 0 saturated heterocycles. The summed E-state index contributed by atoms with van der Waals surface area (Å²) < 4.78 is 5.06. The Labute approximate surface area is 203 Å². The number of benzene rings is 3. The molecule has 2 heterocycles. The summed E-state index contributed by atoms with van der Waals surface area (Å²) in [6.07, 6.45) is -0.559. The highest BCUT2D eigenvalue weighted by Crippen LogP contribution is 2.32. The molecule has 7 heteroatoms. The molecule has 0 aliphatic rings. The number of pyridine rings is 1. The number of carbonyl (C=O) groups is 1. The minimum Gasteiger partial charge on any atom is -0.450 e. The Hall–Kier alpha value is -4.65. The highest BCUT2D eigenvalue weighted by Gasteiger charge is 2.19. The average Bonchev–Trinajstić information content (AvgIpc) is 3.33. The van der Waals surface area contributed by atoms with Crippen molar-refractivity contribution >= 4 is 28.8 Å². The van der Waals surface area contributed by atoms with Crippen LogP contribution in [-0.4, -0.2) is 27.7 Å². The number of amides is 1. The van der Waals surface area contributed by atoms with Crippen molar-refractivity contribution in [2.45, 2.75) is 13.0 Å². The summed E-state index contributed by atoms with van der Waals surface area (Å²) in [5.41, 5.74) is 4.54. The molecule has 174 valence electrons. The molecule has 0 fully saturated rings. The van der Waals surface area contributed by atoms with Crippen LogP contribution >= 0.6 is 0 Å². The van der Waals surface area contributed by atoms with E-state index >= 15 is 0 Å². The predicted octanol–water partition coefficient (Wildman–Crippen LogP) is 6.39. The first-order valence-electron chi connectivity index (χ1n) is 11.5. The number of rotatable bonds is 7. The van der Waals surface area contributed by atoms with Crippen LogP contribution in [0.4, 0.5) is 16.4 Å². The summed E-state index contributed by atoms with van der Waals surface area (Å²) in [6.45, 7) is 2.03. The lowest BCUT2D eigenvalue weighted by Crippen LogP contribution is -2.17. The van der Waals surface area contributed by atoms with Gasteiger partial charge in [0.25, 0.3) is 0 Å². The second-order valence-electron chi connectivity index (χ2n) is 7.95. The van der Waals surface area contributed by atoms with Gasteiger partial charge in [-0.1, -0.05) is 91.0 Å². The number of carbonyl (C=O) groups excluding carboxylic acids is 1. The third-order valence-corrected chi connectivity index (χ3v) is 5.57. The van der Waals surface area contributed by atoms with Gasteiger partial charge in [-0.3, -0.25) is 5.32 Å². The highest BCUT2D eigenvalue weighted by atomic mass is 16.5. The van der Waals surface area contributed by atoms with Crippen molar-refractivity contribution < 1.29 is 9.53 Å². The van der Waals surface area contributed by atoms with Crippen molar-refractivity contribution in [3.05, 3.63) is 108 Å². The lowest BCUT2D eigenvalue weighted by molar-refractivity contribution is 0.168. The van der Waals surface area contributed by atoms with E-state index in [1.54, 1.807) is 13.0 Å². The van der Waals surface area contributed by atoms with Gasteiger partial charge in [0.2, 0.25) is 0 Å². The molecular weight excluding hydrogens is 438 g/mol. The first kappa shape index (κ1) is 22.2.